The van der Waals surface area contributed by atoms with Gasteiger partial charge in [0.1, 0.15) is 11.4 Å². The van der Waals surface area contributed by atoms with Crippen LogP contribution in [-0.2, 0) is 24.0 Å². The Bertz CT molecular complexity index is 1100. The van der Waals surface area contributed by atoms with Crippen molar-refractivity contribution in [2.45, 2.75) is 64.3 Å². The first-order chi connectivity index (χ1) is 17.7. The van der Waals surface area contributed by atoms with Crippen LogP contribution in [0.4, 0.5) is 0 Å². The summed E-state index contributed by atoms with van der Waals surface area (Å²) in [4.78, 5) is 16.6. The van der Waals surface area contributed by atoms with Crippen molar-refractivity contribution in [1.29, 1.82) is 0 Å². The summed E-state index contributed by atoms with van der Waals surface area (Å²) in [7, 11) is 0. The molecule has 0 bridgehead atoms. The molecule has 0 spiro atoms. The van der Waals surface area contributed by atoms with Crippen molar-refractivity contribution < 1.29 is 14.3 Å². The number of hydrogen-bond donors (Lipinski definition) is 1. The van der Waals surface area contributed by atoms with Crippen LogP contribution >= 0.6 is 0 Å². The molecule has 36 heavy (non-hydrogen) atoms. The zero-order valence-electron chi connectivity index (χ0n) is 21.4. The highest BCUT2D eigenvalue weighted by Crippen LogP contribution is 2.29. The second-order valence-corrected chi connectivity index (χ2v) is 9.35. The lowest BCUT2D eigenvalue weighted by atomic mass is 9.91. The number of carbonyl (C=O) groups is 1. The van der Waals surface area contributed by atoms with E-state index in [1.165, 1.54) is 29.5 Å². The van der Waals surface area contributed by atoms with E-state index in [0.717, 1.165) is 63.1 Å². The molecule has 1 heterocycles. The number of unbranched alkanes of at least 4 members (excludes halogenated alkanes) is 2. The largest absolute Gasteiger partial charge is 0.493 e. The summed E-state index contributed by atoms with van der Waals surface area (Å²) in [5, 5.41) is 3.72. The van der Waals surface area contributed by atoms with E-state index in [-0.39, 0.29) is 12.0 Å². The molecule has 0 saturated carbocycles. The SMILES string of the molecule is CCOC(=O)c1ccc2c(n1)CCCC2NCCc1ccccc1OCCCCCc1ccccc1. The van der Waals surface area contributed by atoms with Gasteiger partial charge >= 0.3 is 5.97 Å². The molecule has 1 aromatic heterocycles. The normalized spacial score (nSPS) is 14.8. The molecule has 0 saturated heterocycles. The predicted molar refractivity (Wildman–Crippen MR) is 144 cm³/mol. The van der Waals surface area contributed by atoms with Gasteiger partial charge in [0.15, 0.2) is 0 Å². The molecule has 4 rings (SSSR count). The van der Waals surface area contributed by atoms with Crippen LogP contribution in [0.15, 0.2) is 66.7 Å². The molecular formula is C31H38N2O3. The smallest absolute Gasteiger partial charge is 0.356 e. The fourth-order valence-electron chi connectivity index (χ4n) is 4.86. The van der Waals surface area contributed by atoms with Crippen LogP contribution in [0.2, 0.25) is 0 Å². The van der Waals surface area contributed by atoms with E-state index in [0.29, 0.717) is 12.3 Å². The Kier molecular flexibility index (Phi) is 9.92. The third kappa shape index (κ3) is 7.41. The summed E-state index contributed by atoms with van der Waals surface area (Å²) >= 11 is 0. The van der Waals surface area contributed by atoms with Gasteiger partial charge in [0.25, 0.3) is 0 Å². The highest BCUT2D eigenvalue weighted by atomic mass is 16.5. The summed E-state index contributed by atoms with van der Waals surface area (Å²) in [6.07, 6.45) is 8.52. The maximum atomic E-state index is 12.0. The van der Waals surface area contributed by atoms with Gasteiger partial charge in [0.2, 0.25) is 0 Å². The van der Waals surface area contributed by atoms with Crippen molar-refractivity contribution in [1.82, 2.24) is 10.3 Å². The lowest BCUT2D eigenvalue weighted by molar-refractivity contribution is 0.0519. The molecule has 190 valence electrons. The summed E-state index contributed by atoms with van der Waals surface area (Å²) in [5.41, 5.74) is 5.27. The third-order valence-electron chi connectivity index (χ3n) is 6.74. The first-order valence-electron chi connectivity index (χ1n) is 13.4. The number of carbonyl (C=O) groups excluding carboxylic acids is 1. The Morgan fingerprint density at radius 2 is 1.81 bits per heavy atom. The fourth-order valence-corrected chi connectivity index (χ4v) is 4.86. The van der Waals surface area contributed by atoms with Gasteiger partial charge < -0.3 is 14.8 Å². The van der Waals surface area contributed by atoms with Crippen molar-refractivity contribution >= 4 is 5.97 Å². The maximum absolute atomic E-state index is 12.0. The lowest BCUT2D eigenvalue weighted by Gasteiger charge is -2.26. The van der Waals surface area contributed by atoms with Crippen molar-refractivity contribution in [2.24, 2.45) is 0 Å². The summed E-state index contributed by atoms with van der Waals surface area (Å²) in [5.74, 6) is 0.648. The summed E-state index contributed by atoms with van der Waals surface area (Å²) in [6, 6.07) is 23.1. The quantitative estimate of drug-likeness (QED) is 0.228. The molecule has 3 aromatic rings. The fraction of sp³-hybridized carbons (Fsp3) is 0.419. The molecule has 1 aliphatic rings. The summed E-state index contributed by atoms with van der Waals surface area (Å²) < 4.78 is 11.3. The lowest BCUT2D eigenvalue weighted by Crippen LogP contribution is -2.28. The van der Waals surface area contributed by atoms with Crippen LogP contribution in [0.1, 0.15) is 77.9 Å². The highest BCUT2D eigenvalue weighted by Gasteiger charge is 2.22. The third-order valence-corrected chi connectivity index (χ3v) is 6.74. The Balaban J connectivity index is 1.23. The highest BCUT2D eigenvalue weighted by molar-refractivity contribution is 5.87. The Morgan fingerprint density at radius 1 is 0.972 bits per heavy atom. The van der Waals surface area contributed by atoms with Gasteiger partial charge in [0, 0.05) is 11.7 Å². The molecule has 1 unspecified atom stereocenters. The number of esters is 1. The van der Waals surface area contributed by atoms with Crippen molar-refractivity contribution in [3.63, 3.8) is 0 Å². The number of ether oxygens (including phenoxy) is 2. The van der Waals surface area contributed by atoms with Crippen LogP contribution in [0.5, 0.6) is 5.75 Å². The first-order valence-corrected chi connectivity index (χ1v) is 13.4. The number of aryl methyl sites for hydroxylation is 2. The van der Waals surface area contributed by atoms with E-state index in [1.54, 1.807) is 6.07 Å². The standard InChI is InChI=1S/C31H38N2O3/c1-2-35-31(34)29-20-19-26-27(16-11-17-28(26)33-29)32-22-21-25-15-8-9-18-30(25)36-23-10-4-7-14-24-12-5-3-6-13-24/h3,5-6,8-9,12-13,15,18-20,27,32H,2,4,7,10-11,14,16-17,21-23H2,1H3. The molecule has 5 nitrogen and oxygen atoms in total. The molecule has 1 N–H and O–H groups in total. The molecule has 0 amide bonds. The second-order valence-electron chi connectivity index (χ2n) is 9.35. The Hall–Kier alpha value is -3.18. The van der Waals surface area contributed by atoms with Crippen molar-refractivity contribution in [3.8, 4) is 5.75 Å². The Morgan fingerprint density at radius 3 is 2.67 bits per heavy atom. The van der Waals surface area contributed by atoms with Crippen LogP contribution in [0, 0.1) is 0 Å². The van der Waals surface area contributed by atoms with E-state index in [4.69, 9.17) is 9.47 Å². The molecule has 2 aromatic carbocycles. The molecule has 5 heteroatoms. The second kappa shape index (κ2) is 13.8. The predicted octanol–water partition coefficient (Wildman–Crippen LogP) is 6.26. The van der Waals surface area contributed by atoms with Gasteiger partial charge in [0.05, 0.1) is 13.2 Å². The number of para-hydroxylation sites is 1. The van der Waals surface area contributed by atoms with E-state index in [2.05, 4.69) is 58.8 Å². The van der Waals surface area contributed by atoms with E-state index >= 15 is 0 Å². The molecule has 0 aliphatic heterocycles. The topological polar surface area (TPSA) is 60.5 Å². The zero-order chi connectivity index (χ0) is 25.0. The average Bonchev–Trinajstić information content (AvgIpc) is 2.92. The molecule has 0 radical (unpaired) electrons. The minimum absolute atomic E-state index is 0.259. The first kappa shape index (κ1) is 25.9. The molecule has 0 fully saturated rings. The average molecular weight is 487 g/mol. The van der Waals surface area contributed by atoms with Gasteiger partial charge in [-0.3, -0.25) is 0 Å². The number of rotatable bonds is 13. The van der Waals surface area contributed by atoms with Gasteiger partial charge in [-0.15, -0.1) is 0 Å². The van der Waals surface area contributed by atoms with E-state index in [9.17, 15) is 4.79 Å². The van der Waals surface area contributed by atoms with Gasteiger partial charge in [-0.25, -0.2) is 9.78 Å². The van der Waals surface area contributed by atoms with E-state index < -0.39 is 0 Å². The van der Waals surface area contributed by atoms with Crippen molar-refractivity contribution in [2.75, 3.05) is 19.8 Å². The number of nitrogens with one attached hydrogen (secondary N) is 1. The number of pyridine rings is 1. The van der Waals surface area contributed by atoms with Gasteiger partial charge in [-0.05, 0) is 93.7 Å². The summed E-state index contributed by atoms with van der Waals surface area (Å²) in [6.45, 7) is 3.79. The van der Waals surface area contributed by atoms with Crippen molar-refractivity contribution in [3.05, 3.63) is 94.8 Å². The minimum Gasteiger partial charge on any atom is -0.493 e. The molecule has 1 atom stereocenters. The number of benzene rings is 2. The number of hydrogen-bond acceptors (Lipinski definition) is 5. The zero-order valence-corrected chi connectivity index (χ0v) is 21.4. The Labute approximate surface area is 215 Å². The van der Waals surface area contributed by atoms with Crippen LogP contribution in [0.3, 0.4) is 0 Å². The van der Waals surface area contributed by atoms with Gasteiger partial charge in [-0.1, -0.05) is 54.6 Å². The van der Waals surface area contributed by atoms with Gasteiger partial charge in [-0.2, -0.15) is 0 Å². The number of aromatic nitrogens is 1. The van der Waals surface area contributed by atoms with E-state index in [1.807, 2.05) is 19.1 Å². The van der Waals surface area contributed by atoms with Crippen LogP contribution in [0.25, 0.3) is 0 Å². The minimum atomic E-state index is -0.344. The molecule has 1 aliphatic carbocycles. The van der Waals surface area contributed by atoms with Crippen LogP contribution < -0.4 is 10.1 Å². The van der Waals surface area contributed by atoms with Crippen LogP contribution in [-0.4, -0.2) is 30.7 Å². The monoisotopic (exact) mass is 486 g/mol. The number of fused-ring (bicyclic) bond motifs is 1. The number of nitrogens with zero attached hydrogens (tertiary/aromatic N) is 1. The molecular weight excluding hydrogens is 448 g/mol. The maximum Gasteiger partial charge on any atom is 0.356 e.